The molecule has 8 heteroatoms. The Morgan fingerprint density at radius 2 is 1.74 bits per heavy atom. The fraction of sp³-hybridized carbons (Fsp3) is 0.154. The molecule has 4 aromatic rings. The Balaban J connectivity index is 1.66. The third-order valence-electron chi connectivity index (χ3n) is 5.29. The highest BCUT2D eigenvalue weighted by atomic mass is 19.4. The molecular formula is C26H22F3N3O2. The van der Waals surface area contributed by atoms with Gasteiger partial charge in [-0.25, -0.2) is 4.68 Å². The fourth-order valence-corrected chi connectivity index (χ4v) is 3.48. The van der Waals surface area contributed by atoms with Gasteiger partial charge in [0.1, 0.15) is 11.4 Å². The molecule has 1 aromatic heterocycles. The van der Waals surface area contributed by atoms with Crippen molar-refractivity contribution in [2.45, 2.75) is 19.6 Å². The van der Waals surface area contributed by atoms with E-state index in [9.17, 15) is 18.0 Å². The summed E-state index contributed by atoms with van der Waals surface area (Å²) in [6.07, 6.45) is -4.45. The van der Waals surface area contributed by atoms with Gasteiger partial charge < -0.3 is 10.1 Å². The van der Waals surface area contributed by atoms with Crippen molar-refractivity contribution in [2.75, 3.05) is 7.11 Å². The summed E-state index contributed by atoms with van der Waals surface area (Å²) in [5.41, 5.74) is 2.90. The Labute approximate surface area is 194 Å². The van der Waals surface area contributed by atoms with Crippen LogP contribution in [0.5, 0.6) is 5.75 Å². The van der Waals surface area contributed by atoms with Crippen molar-refractivity contribution < 1.29 is 22.7 Å². The standard InChI is InChI=1S/C26H22F3N3O2/c1-17-9-11-21(12-10-17)32-24(15-23(31-32)19-6-4-8-22(14-19)34-2)25(33)30-16-18-5-3-7-20(13-18)26(27,28)29/h3-15H,16H2,1-2H3,(H,30,33). The maximum atomic E-state index is 13.1. The van der Waals surface area contributed by atoms with Crippen LogP contribution in [-0.2, 0) is 12.7 Å². The number of nitrogens with zero attached hydrogens (tertiary/aromatic N) is 2. The summed E-state index contributed by atoms with van der Waals surface area (Å²) < 4.78 is 45.8. The van der Waals surface area contributed by atoms with Gasteiger partial charge in [0.25, 0.3) is 5.91 Å². The molecule has 0 saturated carbocycles. The monoisotopic (exact) mass is 465 g/mol. The van der Waals surface area contributed by atoms with E-state index in [1.165, 1.54) is 16.8 Å². The van der Waals surface area contributed by atoms with Crippen molar-refractivity contribution in [1.29, 1.82) is 0 Å². The van der Waals surface area contributed by atoms with Crippen LogP contribution in [0.25, 0.3) is 16.9 Å². The summed E-state index contributed by atoms with van der Waals surface area (Å²) in [6.45, 7) is 1.90. The number of carbonyl (C=O) groups excluding carboxylic acids is 1. The Bertz CT molecular complexity index is 1310. The topological polar surface area (TPSA) is 56.1 Å². The minimum absolute atomic E-state index is 0.0592. The first-order valence-electron chi connectivity index (χ1n) is 10.5. The molecule has 0 unspecified atom stereocenters. The van der Waals surface area contributed by atoms with E-state index >= 15 is 0 Å². The molecule has 0 spiro atoms. The molecule has 1 heterocycles. The van der Waals surface area contributed by atoms with Gasteiger partial charge in [-0.05, 0) is 55.0 Å². The SMILES string of the molecule is COc1cccc(-c2cc(C(=O)NCc3cccc(C(F)(F)F)c3)n(-c3ccc(C)cc3)n2)c1. The predicted molar refractivity (Wildman–Crippen MR) is 123 cm³/mol. The lowest BCUT2D eigenvalue weighted by Gasteiger charge is -2.11. The second-order valence-electron chi connectivity index (χ2n) is 7.77. The van der Waals surface area contributed by atoms with Crippen molar-refractivity contribution in [2.24, 2.45) is 0 Å². The number of hydrogen-bond donors (Lipinski definition) is 1. The van der Waals surface area contributed by atoms with Gasteiger partial charge in [-0.2, -0.15) is 18.3 Å². The van der Waals surface area contributed by atoms with Gasteiger partial charge in [0.2, 0.25) is 0 Å². The highest BCUT2D eigenvalue weighted by molar-refractivity contribution is 5.94. The van der Waals surface area contributed by atoms with Crippen LogP contribution in [0.2, 0.25) is 0 Å². The van der Waals surface area contributed by atoms with Crippen LogP contribution in [0.1, 0.15) is 27.2 Å². The molecule has 174 valence electrons. The number of alkyl halides is 3. The minimum Gasteiger partial charge on any atom is -0.497 e. The van der Waals surface area contributed by atoms with E-state index in [0.29, 0.717) is 22.7 Å². The second kappa shape index (κ2) is 9.43. The van der Waals surface area contributed by atoms with Gasteiger partial charge in [-0.15, -0.1) is 0 Å². The highest BCUT2D eigenvalue weighted by Crippen LogP contribution is 2.29. The van der Waals surface area contributed by atoms with Crippen LogP contribution in [0.15, 0.2) is 78.9 Å². The lowest BCUT2D eigenvalue weighted by Crippen LogP contribution is -2.25. The van der Waals surface area contributed by atoms with Crippen LogP contribution in [0.3, 0.4) is 0 Å². The molecule has 0 fully saturated rings. The Morgan fingerprint density at radius 1 is 1.00 bits per heavy atom. The number of ether oxygens (including phenoxy) is 1. The number of methoxy groups -OCH3 is 1. The van der Waals surface area contributed by atoms with E-state index in [0.717, 1.165) is 23.3 Å². The van der Waals surface area contributed by atoms with E-state index in [4.69, 9.17) is 4.74 Å². The molecule has 1 amide bonds. The zero-order valence-corrected chi connectivity index (χ0v) is 18.6. The smallest absolute Gasteiger partial charge is 0.416 e. The lowest BCUT2D eigenvalue weighted by molar-refractivity contribution is -0.137. The van der Waals surface area contributed by atoms with Crippen LogP contribution in [0.4, 0.5) is 13.2 Å². The third-order valence-corrected chi connectivity index (χ3v) is 5.29. The number of rotatable bonds is 6. The van der Waals surface area contributed by atoms with Crippen LogP contribution < -0.4 is 10.1 Å². The maximum Gasteiger partial charge on any atom is 0.416 e. The number of hydrogen-bond acceptors (Lipinski definition) is 3. The molecule has 0 aliphatic carbocycles. The zero-order valence-electron chi connectivity index (χ0n) is 18.6. The van der Waals surface area contributed by atoms with Gasteiger partial charge in [-0.1, -0.05) is 42.0 Å². The number of aromatic nitrogens is 2. The zero-order chi connectivity index (χ0) is 24.3. The van der Waals surface area contributed by atoms with Gasteiger partial charge in [0.05, 0.1) is 24.1 Å². The van der Waals surface area contributed by atoms with Crippen LogP contribution in [-0.4, -0.2) is 22.8 Å². The average molecular weight is 465 g/mol. The molecule has 5 nitrogen and oxygen atoms in total. The molecule has 3 aromatic carbocycles. The van der Waals surface area contributed by atoms with Crippen molar-refractivity contribution in [3.05, 3.63) is 101 Å². The molecule has 0 saturated heterocycles. The number of amides is 1. The van der Waals surface area contributed by atoms with Gasteiger partial charge in [0.15, 0.2) is 0 Å². The molecule has 4 rings (SSSR count). The van der Waals surface area contributed by atoms with Crippen LogP contribution in [0, 0.1) is 6.92 Å². The van der Waals surface area contributed by atoms with Gasteiger partial charge >= 0.3 is 6.18 Å². The highest BCUT2D eigenvalue weighted by Gasteiger charge is 2.30. The van der Waals surface area contributed by atoms with Crippen LogP contribution >= 0.6 is 0 Å². The molecular weight excluding hydrogens is 443 g/mol. The summed E-state index contributed by atoms with van der Waals surface area (Å²) in [4.78, 5) is 13.1. The van der Waals surface area contributed by atoms with E-state index < -0.39 is 17.6 Å². The molecule has 0 aliphatic heterocycles. The number of benzene rings is 3. The van der Waals surface area contributed by atoms with E-state index in [1.807, 2.05) is 55.5 Å². The first kappa shape index (κ1) is 23.1. The first-order chi connectivity index (χ1) is 16.2. The van der Waals surface area contributed by atoms with E-state index in [-0.39, 0.29) is 12.2 Å². The predicted octanol–water partition coefficient (Wildman–Crippen LogP) is 5.81. The Hall–Kier alpha value is -4.07. The molecule has 34 heavy (non-hydrogen) atoms. The molecule has 0 radical (unpaired) electrons. The molecule has 0 aliphatic rings. The van der Waals surface area contributed by atoms with Gasteiger partial charge in [-0.3, -0.25) is 4.79 Å². The maximum absolute atomic E-state index is 13.1. The molecule has 0 atom stereocenters. The summed E-state index contributed by atoms with van der Waals surface area (Å²) in [5, 5.41) is 7.34. The van der Waals surface area contributed by atoms with Crippen molar-refractivity contribution >= 4 is 5.91 Å². The fourth-order valence-electron chi connectivity index (χ4n) is 3.48. The van der Waals surface area contributed by atoms with E-state index in [2.05, 4.69) is 10.4 Å². The quantitative estimate of drug-likeness (QED) is 0.391. The summed E-state index contributed by atoms with van der Waals surface area (Å²) in [6, 6.07) is 21.3. The Morgan fingerprint density at radius 3 is 2.44 bits per heavy atom. The summed E-state index contributed by atoms with van der Waals surface area (Å²) >= 11 is 0. The van der Waals surface area contributed by atoms with Crippen molar-refractivity contribution in [3.63, 3.8) is 0 Å². The first-order valence-corrected chi connectivity index (χ1v) is 10.5. The second-order valence-corrected chi connectivity index (χ2v) is 7.77. The molecule has 0 bridgehead atoms. The summed E-state index contributed by atoms with van der Waals surface area (Å²) in [7, 11) is 1.57. The number of halogens is 3. The average Bonchev–Trinajstić information content (AvgIpc) is 3.28. The minimum atomic E-state index is -4.45. The largest absolute Gasteiger partial charge is 0.497 e. The third kappa shape index (κ3) is 5.11. The lowest BCUT2D eigenvalue weighted by atomic mass is 10.1. The molecule has 1 N–H and O–H groups in total. The number of aryl methyl sites for hydroxylation is 1. The van der Waals surface area contributed by atoms with E-state index in [1.54, 1.807) is 13.2 Å². The summed E-state index contributed by atoms with van der Waals surface area (Å²) in [5.74, 6) is 0.192. The number of nitrogens with one attached hydrogen (secondary N) is 1. The number of carbonyl (C=O) groups is 1. The Kier molecular flexibility index (Phi) is 6.40. The normalized spacial score (nSPS) is 11.3. The van der Waals surface area contributed by atoms with Gasteiger partial charge in [0, 0.05) is 12.1 Å². The van der Waals surface area contributed by atoms with Crippen molar-refractivity contribution in [3.8, 4) is 22.7 Å². The van der Waals surface area contributed by atoms with Crippen molar-refractivity contribution in [1.82, 2.24) is 15.1 Å².